The minimum Gasteiger partial charge on any atom is -0.351 e. The highest BCUT2D eigenvalue weighted by Crippen LogP contribution is 2.32. The van der Waals surface area contributed by atoms with Crippen LogP contribution in [0.5, 0.6) is 0 Å². The summed E-state index contributed by atoms with van der Waals surface area (Å²) in [5, 5.41) is 3.23. The maximum Gasteiger partial charge on any atom is 0.291 e. The Kier molecular flexibility index (Phi) is 5.64. The second-order valence-electron chi connectivity index (χ2n) is 9.43. The largest absolute Gasteiger partial charge is 0.351 e. The van der Waals surface area contributed by atoms with E-state index in [4.69, 9.17) is 0 Å². The molecule has 2 amide bonds. The van der Waals surface area contributed by atoms with Gasteiger partial charge < -0.3 is 14.8 Å². The Hall–Kier alpha value is -3.22. The molecule has 0 radical (unpaired) electrons. The van der Waals surface area contributed by atoms with Crippen molar-refractivity contribution in [2.24, 2.45) is 0 Å². The van der Waals surface area contributed by atoms with Gasteiger partial charge in [0, 0.05) is 11.6 Å². The summed E-state index contributed by atoms with van der Waals surface area (Å²) in [6.07, 6.45) is 6.45. The summed E-state index contributed by atoms with van der Waals surface area (Å²) in [4.78, 5) is 33.5. The van der Waals surface area contributed by atoms with Crippen LogP contribution in [-0.2, 0) is 17.9 Å². The standard InChI is InChI=1S/C26H29FN4O2/c1-26(25(33)28-19-11-4-2-3-5-12-19)17-30-22-15-9-8-14-21(22)29-23(30)24(32)31(26)16-18-10-6-7-13-20(18)27/h6-10,13-15,19H,2-5,11-12,16-17H2,1H3,(H,28,33)/t26-/m0/s1. The number of nitrogens with zero attached hydrogens (tertiary/aromatic N) is 3. The zero-order valence-electron chi connectivity index (χ0n) is 18.9. The van der Waals surface area contributed by atoms with E-state index in [0.717, 1.165) is 31.2 Å². The summed E-state index contributed by atoms with van der Waals surface area (Å²) in [6.45, 7) is 2.06. The lowest BCUT2D eigenvalue weighted by Crippen LogP contribution is -2.64. The maximum absolute atomic E-state index is 14.5. The van der Waals surface area contributed by atoms with Crippen LogP contribution in [0.1, 0.15) is 61.6 Å². The molecule has 0 unspecified atom stereocenters. The smallest absolute Gasteiger partial charge is 0.291 e. The number of carbonyl (C=O) groups excluding carboxylic acids is 2. The second-order valence-corrected chi connectivity index (χ2v) is 9.43. The molecule has 2 aliphatic rings. The molecule has 1 aliphatic heterocycles. The highest BCUT2D eigenvalue weighted by Gasteiger charge is 2.49. The van der Waals surface area contributed by atoms with Crippen molar-refractivity contribution in [3.8, 4) is 0 Å². The molecule has 33 heavy (non-hydrogen) atoms. The number of carbonyl (C=O) groups is 2. The van der Waals surface area contributed by atoms with Crippen molar-refractivity contribution >= 4 is 22.8 Å². The molecule has 5 rings (SSSR count). The highest BCUT2D eigenvalue weighted by molar-refractivity contribution is 6.01. The van der Waals surface area contributed by atoms with Gasteiger partial charge in [-0.3, -0.25) is 9.59 Å². The van der Waals surface area contributed by atoms with Gasteiger partial charge in [0.2, 0.25) is 5.91 Å². The summed E-state index contributed by atoms with van der Waals surface area (Å²) >= 11 is 0. The molecule has 7 heteroatoms. The number of imidazole rings is 1. The maximum atomic E-state index is 14.5. The fourth-order valence-corrected chi connectivity index (χ4v) is 5.14. The Morgan fingerprint density at radius 2 is 1.79 bits per heavy atom. The van der Waals surface area contributed by atoms with Gasteiger partial charge in [0.1, 0.15) is 11.4 Å². The first-order valence-corrected chi connectivity index (χ1v) is 11.8. The summed E-state index contributed by atoms with van der Waals surface area (Å²) < 4.78 is 16.4. The Morgan fingerprint density at radius 3 is 2.55 bits per heavy atom. The van der Waals surface area contributed by atoms with Gasteiger partial charge in [-0.05, 0) is 38.0 Å². The van der Waals surface area contributed by atoms with Gasteiger partial charge in [-0.1, -0.05) is 56.0 Å². The molecule has 172 valence electrons. The average Bonchev–Trinajstić information content (AvgIpc) is 2.98. The summed E-state index contributed by atoms with van der Waals surface area (Å²) in [5.74, 6) is -0.662. The number of hydrogen-bond donors (Lipinski definition) is 1. The van der Waals surface area contributed by atoms with Gasteiger partial charge in [-0.15, -0.1) is 0 Å². The molecule has 1 fully saturated rings. The van der Waals surface area contributed by atoms with Crippen LogP contribution < -0.4 is 5.32 Å². The molecule has 1 aliphatic carbocycles. The van der Waals surface area contributed by atoms with Crippen LogP contribution in [0.3, 0.4) is 0 Å². The van der Waals surface area contributed by atoms with Gasteiger partial charge in [0.05, 0.1) is 24.1 Å². The molecule has 2 aromatic carbocycles. The first kappa shape index (κ1) is 21.6. The van der Waals surface area contributed by atoms with Crippen molar-refractivity contribution in [1.82, 2.24) is 19.8 Å². The number of aromatic nitrogens is 2. The summed E-state index contributed by atoms with van der Waals surface area (Å²) in [5.41, 5.74) is 0.728. The van der Waals surface area contributed by atoms with E-state index in [-0.39, 0.29) is 36.8 Å². The van der Waals surface area contributed by atoms with Crippen LogP contribution in [0.2, 0.25) is 0 Å². The van der Waals surface area contributed by atoms with Crippen molar-refractivity contribution in [3.05, 3.63) is 65.7 Å². The molecule has 6 nitrogen and oxygen atoms in total. The van der Waals surface area contributed by atoms with Gasteiger partial charge in [0.25, 0.3) is 5.91 Å². The molecule has 1 N–H and O–H groups in total. The number of nitrogens with one attached hydrogen (secondary N) is 1. The lowest BCUT2D eigenvalue weighted by atomic mass is 9.93. The van der Waals surface area contributed by atoms with E-state index in [1.54, 1.807) is 25.1 Å². The Bertz CT molecular complexity index is 1200. The zero-order valence-corrected chi connectivity index (χ0v) is 18.9. The van der Waals surface area contributed by atoms with Crippen molar-refractivity contribution in [2.45, 2.75) is 70.1 Å². The van der Waals surface area contributed by atoms with Gasteiger partial charge >= 0.3 is 0 Å². The minimum atomic E-state index is -1.18. The first-order valence-electron chi connectivity index (χ1n) is 11.8. The van der Waals surface area contributed by atoms with Gasteiger partial charge in [-0.2, -0.15) is 0 Å². The minimum absolute atomic E-state index is 0.00327. The molecule has 0 spiro atoms. The molecule has 1 atom stereocenters. The van der Waals surface area contributed by atoms with Crippen molar-refractivity contribution in [3.63, 3.8) is 0 Å². The van der Waals surface area contributed by atoms with Gasteiger partial charge in [0.15, 0.2) is 5.82 Å². The number of benzene rings is 2. The van der Waals surface area contributed by atoms with Crippen LogP contribution in [-0.4, -0.2) is 37.8 Å². The number of rotatable bonds is 4. The molecule has 3 aromatic rings. The Morgan fingerprint density at radius 1 is 1.09 bits per heavy atom. The third kappa shape index (κ3) is 3.90. The van der Waals surface area contributed by atoms with E-state index in [0.29, 0.717) is 11.1 Å². The topological polar surface area (TPSA) is 67.2 Å². The molecule has 0 bridgehead atoms. The third-order valence-corrected chi connectivity index (χ3v) is 7.12. The van der Waals surface area contributed by atoms with E-state index in [9.17, 15) is 14.0 Å². The zero-order chi connectivity index (χ0) is 23.0. The van der Waals surface area contributed by atoms with E-state index in [1.165, 1.54) is 23.8 Å². The molecular weight excluding hydrogens is 419 g/mol. The average molecular weight is 449 g/mol. The monoisotopic (exact) mass is 448 g/mol. The fourth-order valence-electron chi connectivity index (χ4n) is 5.14. The molecule has 1 saturated carbocycles. The van der Waals surface area contributed by atoms with E-state index >= 15 is 0 Å². The van der Waals surface area contributed by atoms with E-state index < -0.39 is 11.4 Å². The van der Waals surface area contributed by atoms with Crippen LogP contribution in [0.15, 0.2) is 48.5 Å². The molecular formula is C26H29FN4O2. The number of fused-ring (bicyclic) bond motifs is 3. The molecule has 1 aromatic heterocycles. The second kappa shape index (κ2) is 8.61. The number of amides is 2. The van der Waals surface area contributed by atoms with Crippen molar-refractivity contribution in [1.29, 1.82) is 0 Å². The number of para-hydroxylation sites is 2. The lowest BCUT2D eigenvalue weighted by molar-refractivity contribution is -0.134. The van der Waals surface area contributed by atoms with Crippen LogP contribution >= 0.6 is 0 Å². The fraction of sp³-hybridized carbons (Fsp3) is 0.423. The van der Waals surface area contributed by atoms with E-state index in [1.807, 2.05) is 28.8 Å². The van der Waals surface area contributed by atoms with Gasteiger partial charge in [-0.25, -0.2) is 9.37 Å². The Balaban J connectivity index is 1.55. The predicted octanol–water partition coefficient (Wildman–Crippen LogP) is 4.43. The lowest BCUT2D eigenvalue weighted by Gasteiger charge is -2.44. The number of halogens is 1. The molecule has 0 saturated heterocycles. The SMILES string of the molecule is C[C@@]1(C(=O)NC2CCCCCC2)Cn2c(nc3ccccc32)C(=O)N1Cc1ccccc1F. The summed E-state index contributed by atoms with van der Waals surface area (Å²) in [6, 6.07) is 14.0. The normalized spacial score (nSPS) is 21.6. The first-order chi connectivity index (χ1) is 16.0. The van der Waals surface area contributed by atoms with Crippen LogP contribution in [0.25, 0.3) is 11.0 Å². The van der Waals surface area contributed by atoms with Crippen LogP contribution in [0.4, 0.5) is 4.39 Å². The highest BCUT2D eigenvalue weighted by atomic mass is 19.1. The predicted molar refractivity (Wildman–Crippen MR) is 124 cm³/mol. The van der Waals surface area contributed by atoms with Crippen molar-refractivity contribution in [2.75, 3.05) is 0 Å². The summed E-state index contributed by atoms with van der Waals surface area (Å²) in [7, 11) is 0. The van der Waals surface area contributed by atoms with E-state index in [2.05, 4.69) is 10.3 Å². The third-order valence-electron chi connectivity index (χ3n) is 7.12. The Labute approximate surface area is 192 Å². The quantitative estimate of drug-likeness (QED) is 0.601. The van der Waals surface area contributed by atoms with Crippen molar-refractivity contribution < 1.29 is 14.0 Å². The molecule has 2 heterocycles. The number of hydrogen-bond acceptors (Lipinski definition) is 3. The van der Waals surface area contributed by atoms with Crippen LogP contribution in [0, 0.1) is 5.82 Å².